The lowest BCUT2D eigenvalue weighted by molar-refractivity contribution is -0.139. The summed E-state index contributed by atoms with van der Waals surface area (Å²) in [5, 5.41) is 17.3. The Morgan fingerprint density at radius 1 is 1.31 bits per heavy atom. The SMILES string of the molecule is CC1(C)Cc2n[nH]c(=O)c3c2[C@@H](C[C@H](c2ccccc2Cl)[C@H]3C(=O)O)C1. The number of carbonyl (C=O) groups is 1. The number of halogens is 1. The van der Waals surface area contributed by atoms with E-state index in [9.17, 15) is 14.7 Å². The van der Waals surface area contributed by atoms with Gasteiger partial charge in [-0.05, 0) is 47.8 Å². The van der Waals surface area contributed by atoms with Crippen LogP contribution in [-0.2, 0) is 11.2 Å². The highest BCUT2D eigenvalue weighted by Crippen LogP contribution is 2.54. The molecule has 2 aliphatic carbocycles. The number of benzene rings is 1. The van der Waals surface area contributed by atoms with Crippen LogP contribution < -0.4 is 5.56 Å². The van der Waals surface area contributed by atoms with E-state index < -0.39 is 17.4 Å². The number of carboxylic acids is 1. The molecule has 0 spiro atoms. The van der Waals surface area contributed by atoms with Gasteiger partial charge in [-0.25, -0.2) is 5.10 Å². The van der Waals surface area contributed by atoms with Gasteiger partial charge in [-0.15, -0.1) is 0 Å². The molecule has 0 fully saturated rings. The molecule has 6 heteroatoms. The summed E-state index contributed by atoms with van der Waals surface area (Å²) in [6, 6.07) is 7.34. The topological polar surface area (TPSA) is 83.0 Å². The second kappa shape index (κ2) is 5.95. The molecule has 136 valence electrons. The molecule has 26 heavy (non-hydrogen) atoms. The van der Waals surface area contributed by atoms with Gasteiger partial charge in [0.2, 0.25) is 0 Å². The molecule has 0 radical (unpaired) electrons. The van der Waals surface area contributed by atoms with Gasteiger partial charge in [0.1, 0.15) is 0 Å². The van der Waals surface area contributed by atoms with Gasteiger partial charge in [0, 0.05) is 16.5 Å². The van der Waals surface area contributed by atoms with Crippen molar-refractivity contribution < 1.29 is 9.90 Å². The number of nitrogens with one attached hydrogen (secondary N) is 1. The summed E-state index contributed by atoms with van der Waals surface area (Å²) in [5.74, 6) is -2.11. The van der Waals surface area contributed by atoms with Gasteiger partial charge in [-0.1, -0.05) is 43.6 Å². The van der Waals surface area contributed by atoms with Gasteiger partial charge in [0.25, 0.3) is 5.56 Å². The summed E-state index contributed by atoms with van der Waals surface area (Å²) in [6.45, 7) is 4.38. The fourth-order valence-electron chi connectivity index (χ4n) is 4.93. The van der Waals surface area contributed by atoms with E-state index in [0.717, 1.165) is 29.7 Å². The van der Waals surface area contributed by atoms with Crippen LogP contribution in [0.15, 0.2) is 29.1 Å². The van der Waals surface area contributed by atoms with E-state index >= 15 is 0 Å². The van der Waals surface area contributed by atoms with E-state index in [0.29, 0.717) is 17.0 Å². The predicted octanol–water partition coefficient (Wildman–Crippen LogP) is 3.84. The highest BCUT2D eigenvalue weighted by molar-refractivity contribution is 6.31. The lowest BCUT2D eigenvalue weighted by atomic mass is 9.60. The summed E-state index contributed by atoms with van der Waals surface area (Å²) < 4.78 is 0. The van der Waals surface area contributed by atoms with Crippen LogP contribution in [0.5, 0.6) is 0 Å². The van der Waals surface area contributed by atoms with Crippen molar-refractivity contribution in [3.63, 3.8) is 0 Å². The van der Waals surface area contributed by atoms with Crippen LogP contribution in [-0.4, -0.2) is 21.3 Å². The average molecular weight is 373 g/mol. The minimum absolute atomic E-state index is 0.0568. The molecule has 2 N–H and O–H groups in total. The van der Waals surface area contributed by atoms with Gasteiger partial charge in [0.05, 0.1) is 11.6 Å². The quantitative estimate of drug-likeness (QED) is 0.839. The lowest BCUT2D eigenvalue weighted by Crippen LogP contribution is -2.40. The number of aromatic nitrogens is 2. The molecule has 4 rings (SSSR count). The number of nitrogens with zero attached hydrogens (tertiary/aromatic N) is 1. The zero-order valence-corrected chi connectivity index (χ0v) is 15.5. The second-order valence-corrected chi connectivity index (χ2v) is 8.66. The van der Waals surface area contributed by atoms with Crippen LogP contribution >= 0.6 is 11.6 Å². The molecule has 0 saturated heterocycles. The molecule has 1 aromatic heterocycles. The van der Waals surface area contributed by atoms with Crippen molar-refractivity contribution in [1.29, 1.82) is 0 Å². The number of rotatable bonds is 2. The first-order chi connectivity index (χ1) is 12.3. The molecule has 0 bridgehead atoms. The van der Waals surface area contributed by atoms with Crippen molar-refractivity contribution in [2.75, 3.05) is 0 Å². The third kappa shape index (κ3) is 2.65. The van der Waals surface area contributed by atoms with Crippen LogP contribution in [0.4, 0.5) is 0 Å². The van der Waals surface area contributed by atoms with E-state index in [1.54, 1.807) is 6.07 Å². The van der Waals surface area contributed by atoms with E-state index in [2.05, 4.69) is 24.0 Å². The van der Waals surface area contributed by atoms with E-state index in [-0.39, 0.29) is 17.3 Å². The normalized spacial score (nSPS) is 26.2. The number of aliphatic carboxylic acids is 1. The third-order valence-corrected chi connectivity index (χ3v) is 6.16. The minimum Gasteiger partial charge on any atom is -0.481 e. The van der Waals surface area contributed by atoms with Crippen molar-refractivity contribution in [2.24, 2.45) is 5.41 Å². The van der Waals surface area contributed by atoms with Crippen molar-refractivity contribution >= 4 is 17.6 Å². The fraction of sp³-hybridized carbons (Fsp3) is 0.450. The summed E-state index contributed by atoms with van der Waals surface area (Å²) in [6.07, 6.45) is 2.31. The molecule has 2 aliphatic rings. The number of H-pyrrole nitrogens is 1. The molecular formula is C20H21ClN2O3. The zero-order chi connectivity index (χ0) is 18.6. The zero-order valence-electron chi connectivity index (χ0n) is 14.8. The summed E-state index contributed by atoms with van der Waals surface area (Å²) in [7, 11) is 0. The first-order valence-corrected chi connectivity index (χ1v) is 9.25. The number of hydrogen-bond acceptors (Lipinski definition) is 3. The third-order valence-electron chi connectivity index (χ3n) is 5.81. The second-order valence-electron chi connectivity index (χ2n) is 8.25. The standard InChI is InChI=1S/C20H21ClN2O3/c1-20(2)8-10-7-12(11-5-3-4-6-13(11)21)16(19(25)26)17-15(10)14(9-20)22-23-18(17)24/h3-6,10,12,16H,7-9H2,1-2H3,(H,23,24)(H,25,26)/t10-,12+,16+/m0/s1. The lowest BCUT2D eigenvalue weighted by Gasteiger charge is -2.43. The summed E-state index contributed by atoms with van der Waals surface area (Å²) in [5.41, 5.74) is 2.54. The summed E-state index contributed by atoms with van der Waals surface area (Å²) in [4.78, 5) is 24.8. The monoisotopic (exact) mass is 372 g/mol. The van der Waals surface area contributed by atoms with Crippen molar-refractivity contribution in [1.82, 2.24) is 10.2 Å². The largest absolute Gasteiger partial charge is 0.481 e. The predicted molar refractivity (Wildman–Crippen MR) is 98.9 cm³/mol. The van der Waals surface area contributed by atoms with E-state index in [1.165, 1.54) is 0 Å². The Hall–Kier alpha value is -2.14. The van der Waals surface area contributed by atoms with Crippen LogP contribution in [0.3, 0.4) is 0 Å². The molecule has 0 saturated carbocycles. The molecule has 1 heterocycles. The molecule has 1 aromatic carbocycles. The van der Waals surface area contributed by atoms with Gasteiger partial charge >= 0.3 is 5.97 Å². The molecule has 3 atom stereocenters. The van der Waals surface area contributed by atoms with E-state index in [1.807, 2.05) is 18.2 Å². The Labute approximate surface area is 156 Å². The van der Waals surface area contributed by atoms with Crippen LogP contribution in [0.1, 0.15) is 66.8 Å². The highest BCUT2D eigenvalue weighted by Gasteiger charge is 2.47. The summed E-state index contributed by atoms with van der Waals surface area (Å²) >= 11 is 6.40. The van der Waals surface area contributed by atoms with Crippen molar-refractivity contribution in [3.05, 3.63) is 62.0 Å². The van der Waals surface area contributed by atoms with Gasteiger partial charge < -0.3 is 5.11 Å². The average Bonchev–Trinajstić information content (AvgIpc) is 2.56. The molecule has 5 nitrogen and oxygen atoms in total. The molecular weight excluding hydrogens is 352 g/mol. The Bertz CT molecular complexity index is 950. The Kier molecular flexibility index (Phi) is 3.95. The fourth-order valence-corrected chi connectivity index (χ4v) is 5.21. The minimum atomic E-state index is -0.989. The smallest absolute Gasteiger partial charge is 0.311 e. The number of aromatic amines is 1. The molecule has 2 aromatic rings. The maximum absolute atomic E-state index is 12.6. The van der Waals surface area contributed by atoms with Crippen LogP contribution in [0, 0.1) is 5.41 Å². The Balaban J connectivity index is 1.96. The van der Waals surface area contributed by atoms with Gasteiger partial charge in [-0.2, -0.15) is 5.10 Å². The van der Waals surface area contributed by atoms with Gasteiger partial charge in [0.15, 0.2) is 0 Å². The molecule has 0 aliphatic heterocycles. The number of hydrogen-bond donors (Lipinski definition) is 2. The highest BCUT2D eigenvalue weighted by atomic mass is 35.5. The van der Waals surface area contributed by atoms with Crippen LogP contribution in [0.2, 0.25) is 5.02 Å². The Morgan fingerprint density at radius 3 is 2.73 bits per heavy atom. The van der Waals surface area contributed by atoms with Crippen molar-refractivity contribution in [2.45, 2.75) is 50.9 Å². The Morgan fingerprint density at radius 2 is 2.04 bits per heavy atom. The first kappa shape index (κ1) is 17.3. The first-order valence-electron chi connectivity index (χ1n) is 8.87. The molecule has 0 amide bonds. The maximum atomic E-state index is 12.6. The molecule has 0 unspecified atom stereocenters. The van der Waals surface area contributed by atoms with Gasteiger partial charge in [-0.3, -0.25) is 9.59 Å². The number of carboxylic acid groups (broad SMARTS) is 1. The van der Waals surface area contributed by atoms with Crippen molar-refractivity contribution in [3.8, 4) is 0 Å². The van der Waals surface area contributed by atoms with E-state index in [4.69, 9.17) is 11.6 Å². The maximum Gasteiger partial charge on any atom is 0.311 e. The van der Waals surface area contributed by atoms with Crippen LogP contribution in [0.25, 0.3) is 0 Å².